The zero-order chi connectivity index (χ0) is 11.0. The third kappa shape index (κ3) is 1.87. The van der Waals surface area contributed by atoms with E-state index in [0.29, 0.717) is 11.7 Å². The van der Waals surface area contributed by atoms with E-state index in [1.54, 1.807) is 0 Å². The minimum Gasteiger partial charge on any atom is -0.382 e. The molecule has 2 rings (SSSR count). The number of hydrogen-bond acceptors (Lipinski definition) is 3. The minimum absolute atomic E-state index is 0.347. The molecule has 0 saturated heterocycles. The molecule has 0 spiro atoms. The van der Waals surface area contributed by atoms with Crippen molar-refractivity contribution in [1.29, 1.82) is 0 Å². The predicted molar refractivity (Wildman–Crippen MR) is 65.4 cm³/mol. The Morgan fingerprint density at radius 3 is 2.73 bits per heavy atom. The molecule has 0 amide bonds. The van der Waals surface area contributed by atoms with E-state index in [2.05, 4.69) is 24.0 Å². The summed E-state index contributed by atoms with van der Waals surface area (Å²) in [7, 11) is 0. The molecule has 0 aliphatic carbocycles. The summed E-state index contributed by atoms with van der Waals surface area (Å²) in [5.41, 5.74) is 7.86. The van der Waals surface area contributed by atoms with Crippen LogP contribution in [0.15, 0.2) is 12.1 Å². The lowest BCUT2D eigenvalue weighted by Crippen LogP contribution is -1.94. The van der Waals surface area contributed by atoms with Gasteiger partial charge in [0.2, 0.25) is 0 Å². The van der Waals surface area contributed by atoms with Crippen molar-refractivity contribution in [2.24, 2.45) is 0 Å². The van der Waals surface area contributed by atoms with Crippen molar-refractivity contribution in [3.8, 4) is 10.6 Å². The monoisotopic (exact) mass is 241 g/mol. The maximum Gasteiger partial charge on any atom is 0.149 e. The summed E-state index contributed by atoms with van der Waals surface area (Å²) in [5.74, 6) is 0.921. The van der Waals surface area contributed by atoms with E-state index in [0.717, 1.165) is 20.5 Å². The number of nitrogens with two attached hydrogens (primary N) is 1. The van der Waals surface area contributed by atoms with Crippen LogP contribution >= 0.6 is 22.9 Å². The van der Waals surface area contributed by atoms with Gasteiger partial charge in [0, 0.05) is 5.56 Å². The Morgan fingerprint density at radius 2 is 2.20 bits per heavy atom. The molecule has 80 valence electrons. The van der Waals surface area contributed by atoms with Crippen LogP contribution in [0.4, 0.5) is 5.82 Å². The summed E-state index contributed by atoms with van der Waals surface area (Å²) in [6.07, 6.45) is 0. The van der Waals surface area contributed by atoms with E-state index in [9.17, 15) is 0 Å². The van der Waals surface area contributed by atoms with E-state index < -0.39 is 0 Å². The first-order valence-corrected chi connectivity index (χ1v) is 5.88. The van der Waals surface area contributed by atoms with E-state index >= 15 is 0 Å². The number of anilines is 1. The molecule has 2 aromatic heterocycles. The van der Waals surface area contributed by atoms with Crippen LogP contribution < -0.4 is 5.73 Å². The number of nitrogens with zero attached hydrogens (tertiary/aromatic N) is 1. The Morgan fingerprint density at radius 1 is 1.47 bits per heavy atom. The van der Waals surface area contributed by atoms with E-state index in [-0.39, 0.29) is 0 Å². The van der Waals surface area contributed by atoms with Gasteiger partial charge in [-0.2, -0.15) is 5.10 Å². The standard InChI is InChI=1S/C10H12ClN3S/c1-5(2)8-9(13-14-10(8)12)6-3-4-7(11)15-6/h3-5H,1-2H3,(H3,12,13,14). The fourth-order valence-electron chi connectivity index (χ4n) is 1.59. The summed E-state index contributed by atoms with van der Waals surface area (Å²) in [6, 6.07) is 3.86. The molecule has 0 bridgehead atoms. The lowest BCUT2D eigenvalue weighted by molar-refractivity contribution is 0.873. The van der Waals surface area contributed by atoms with Crippen LogP contribution in [0.1, 0.15) is 25.3 Å². The van der Waals surface area contributed by atoms with Crippen LogP contribution in [-0.2, 0) is 0 Å². The number of hydrogen-bond donors (Lipinski definition) is 2. The summed E-state index contributed by atoms with van der Waals surface area (Å²) < 4.78 is 0.771. The van der Waals surface area contributed by atoms with Crippen molar-refractivity contribution in [1.82, 2.24) is 10.2 Å². The number of thiophene rings is 1. The van der Waals surface area contributed by atoms with Crippen LogP contribution in [0.3, 0.4) is 0 Å². The van der Waals surface area contributed by atoms with Crippen molar-refractivity contribution < 1.29 is 0 Å². The molecule has 5 heteroatoms. The Bertz CT molecular complexity index is 473. The maximum absolute atomic E-state index is 5.90. The number of aromatic nitrogens is 2. The highest BCUT2D eigenvalue weighted by atomic mass is 35.5. The average molecular weight is 242 g/mol. The van der Waals surface area contributed by atoms with Gasteiger partial charge in [-0.25, -0.2) is 0 Å². The number of nitrogens with one attached hydrogen (secondary N) is 1. The van der Waals surface area contributed by atoms with Gasteiger partial charge in [-0.3, -0.25) is 5.10 Å². The quantitative estimate of drug-likeness (QED) is 0.846. The number of H-pyrrole nitrogens is 1. The minimum atomic E-state index is 0.347. The van der Waals surface area contributed by atoms with Crippen LogP contribution in [0, 0.1) is 0 Å². The van der Waals surface area contributed by atoms with Crippen LogP contribution in [-0.4, -0.2) is 10.2 Å². The van der Waals surface area contributed by atoms with Crippen LogP contribution in [0.5, 0.6) is 0 Å². The first-order chi connectivity index (χ1) is 7.09. The van der Waals surface area contributed by atoms with Crippen molar-refractivity contribution in [2.45, 2.75) is 19.8 Å². The highest BCUT2D eigenvalue weighted by Gasteiger charge is 2.16. The first kappa shape index (κ1) is 10.5. The molecule has 0 unspecified atom stereocenters. The summed E-state index contributed by atoms with van der Waals surface area (Å²) in [5, 5.41) is 7.00. The second-order valence-electron chi connectivity index (χ2n) is 3.66. The molecule has 3 N–H and O–H groups in total. The number of nitrogen functional groups attached to an aromatic ring is 1. The van der Waals surface area contributed by atoms with E-state index in [1.165, 1.54) is 11.3 Å². The Kier molecular flexibility index (Phi) is 2.71. The Labute approximate surface area is 97.3 Å². The summed E-state index contributed by atoms with van der Waals surface area (Å²) in [6.45, 7) is 4.19. The predicted octanol–water partition coefficient (Wildman–Crippen LogP) is 3.50. The first-order valence-electron chi connectivity index (χ1n) is 4.69. The summed E-state index contributed by atoms with van der Waals surface area (Å²) in [4.78, 5) is 1.08. The molecular formula is C10H12ClN3S. The number of aromatic amines is 1. The van der Waals surface area contributed by atoms with Crippen molar-refractivity contribution in [3.05, 3.63) is 22.0 Å². The molecule has 0 aliphatic rings. The SMILES string of the molecule is CC(C)c1c(N)n[nH]c1-c1ccc(Cl)s1. The fourth-order valence-corrected chi connectivity index (χ4v) is 2.64. The van der Waals surface area contributed by atoms with Gasteiger partial charge >= 0.3 is 0 Å². The highest BCUT2D eigenvalue weighted by molar-refractivity contribution is 7.19. The molecule has 0 saturated carbocycles. The molecule has 2 aromatic rings. The number of halogens is 1. The van der Waals surface area contributed by atoms with Crippen LogP contribution in [0.25, 0.3) is 10.6 Å². The highest BCUT2D eigenvalue weighted by Crippen LogP contribution is 2.36. The van der Waals surface area contributed by atoms with Gasteiger partial charge < -0.3 is 5.73 Å². The second-order valence-corrected chi connectivity index (χ2v) is 5.37. The molecule has 0 fully saturated rings. The molecular weight excluding hydrogens is 230 g/mol. The molecule has 0 radical (unpaired) electrons. The molecule has 3 nitrogen and oxygen atoms in total. The van der Waals surface area contributed by atoms with Gasteiger partial charge in [0.05, 0.1) is 14.9 Å². The van der Waals surface area contributed by atoms with Crippen molar-refractivity contribution in [2.75, 3.05) is 5.73 Å². The topological polar surface area (TPSA) is 54.7 Å². The molecule has 2 heterocycles. The van der Waals surface area contributed by atoms with Gasteiger partial charge in [0.25, 0.3) is 0 Å². The molecule has 15 heavy (non-hydrogen) atoms. The maximum atomic E-state index is 5.90. The molecule has 0 atom stereocenters. The fraction of sp³-hybridized carbons (Fsp3) is 0.300. The summed E-state index contributed by atoms with van der Waals surface area (Å²) >= 11 is 7.43. The number of rotatable bonds is 2. The van der Waals surface area contributed by atoms with Gasteiger partial charge in [-0.15, -0.1) is 11.3 Å². The average Bonchev–Trinajstić information content (AvgIpc) is 2.71. The van der Waals surface area contributed by atoms with Crippen molar-refractivity contribution >= 4 is 28.8 Å². The Hall–Kier alpha value is -1.000. The van der Waals surface area contributed by atoms with E-state index in [4.69, 9.17) is 17.3 Å². The van der Waals surface area contributed by atoms with E-state index in [1.807, 2.05) is 12.1 Å². The third-order valence-corrected chi connectivity index (χ3v) is 3.48. The molecule has 0 aromatic carbocycles. The lowest BCUT2D eigenvalue weighted by Gasteiger charge is -2.05. The van der Waals surface area contributed by atoms with Gasteiger partial charge in [-0.05, 0) is 18.1 Å². The lowest BCUT2D eigenvalue weighted by atomic mass is 10.0. The van der Waals surface area contributed by atoms with Crippen LogP contribution in [0.2, 0.25) is 4.34 Å². The second kappa shape index (κ2) is 3.87. The zero-order valence-electron chi connectivity index (χ0n) is 8.54. The third-order valence-electron chi connectivity index (χ3n) is 2.23. The van der Waals surface area contributed by atoms with Crippen molar-refractivity contribution in [3.63, 3.8) is 0 Å². The largest absolute Gasteiger partial charge is 0.382 e. The van der Waals surface area contributed by atoms with Gasteiger partial charge in [-0.1, -0.05) is 25.4 Å². The van der Waals surface area contributed by atoms with Gasteiger partial charge in [0.15, 0.2) is 0 Å². The molecule has 0 aliphatic heterocycles. The zero-order valence-corrected chi connectivity index (χ0v) is 10.1. The normalized spacial score (nSPS) is 11.2. The Balaban J connectivity index is 2.53. The van der Waals surface area contributed by atoms with Gasteiger partial charge in [0.1, 0.15) is 5.82 Å². The smallest absolute Gasteiger partial charge is 0.149 e.